The van der Waals surface area contributed by atoms with Crippen molar-refractivity contribution in [2.24, 2.45) is 0 Å². The fourth-order valence-corrected chi connectivity index (χ4v) is 6.02. The Balaban J connectivity index is 1.34. The third-order valence-electron chi connectivity index (χ3n) is 6.59. The molecule has 200 valence electrons. The maximum absolute atomic E-state index is 13.6. The van der Waals surface area contributed by atoms with Gasteiger partial charge in [-0.05, 0) is 92.1 Å². The summed E-state index contributed by atoms with van der Waals surface area (Å²) in [4.78, 5) is 15.6. The highest BCUT2D eigenvalue weighted by molar-refractivity contribution is 7.92. The SMILES string of the molecule is O=C(CN(c1ccc(Oc2ccccc2)cc1)S(=O)(=O)c1ccccc1)Nc1ccc(N2CCCCC2)cc1. The van der Waals surface area contributed by atoms with Gasteiger partial charge < -0.3 is 15.0 Å². The minimum absolute atomic E-state index is 0.105. The number of nitrogens with zero attached hydrogens (tertiary/aromatic N) is 2. The number of carbonyl (C=O) groups is 1. The lowest BCUT2D eigenvalue weighted by molar-refractivity contribution is -0.114. The third-order valence-corrected chi connectivity index (χ3v) is 8.38. The Morgan fingerprint density at radius 1 is 0.744 bits per heavy atom. The second-order valence-electron chi connectivity index (χ2n) is 9.38. The summed E-state index contributed by atoms with van der Waals surface area (Å²) in [6, 6.07) is 31.8. The standard InChI is InChI=1S/C31H31N3O4S/c35-31(32-25-14-16-26(17-15-25)33-22-8-3-9-23-33)24-34(39(36,37)30-12-6-2-7-13-30)27-18-20-29(21-19-27)38-28-10-4-1-5-11-28/h1-2,4-7,10-21H,3,8-9,22-24H2,(H,32,35). The summed E-state index contributed by atoms with van der Waals surface area (Å²) in [5.41, 5.74) is 2.10. The molecule has 0 radical (unpaired) electrons. The highest BCUT2D eigenvalue weighted by atomic mass is 32.2. The lowest BCUT2D eigenvalue weighted by Gasteiger charge is -2.29. The first-order valence-electron chi connectivity index (χ1n) is 13.0. The molecule has 1 aliphatic rings. The predicted octanol–water partition coefficient (Wildman–Crippen LogP) is 6.30. The molecule has 0 aromatic heterocycles. The first-order valence-corrected chi connectivity index (χ1v) is 14.5. The molecule has 1 amide bonds. The summed E-state index contributed by atoms with van der Waals surface area (Å²) in [5, 5.41) is 2.85. The van der Waals surface area contributed by atoms with E-state index in [1.807, 2.05) is 54.6 Å². The second kappa shape index (κ2) is 12.0. The van der Waals surface area contributed by atoms with Crippen LogP contribution in [-0.2, 0) is 14.8 Å². The number of para-hydroxylation sites is 1. The number of nitrogens with one attached hydrogen (secondary N) is 1. The highest BCUT2D eigenvalue weighted by Crippen LogP contribution is 2.28. The molecule has 8 heteroatoms. The molecule has 39 heavy (non-hydrogen) atoms. The van der Waals surface area contributed by atoms with Crippen molar-refractivity contribution in [2.45, 2.75) is 24.2 Å². The maximum Gasteiger partial charge on any atom is 0.264 e. The van der Waals surface area contributed by atoms with Crippen molar-refractivity contribution in [3.8, 4) is 11.5 Å². The molecule has 1 heterocycles. The number of carbonyl (C=O) groups excluding carboxylic acids is 1. The van der Waals surface area contributed by atoms with Crippen LogP contribution in [-0.4, -0.2) is 34.0 Å². The molecule has 0 spiro atoms. The molecule has 7 nitrogen and oxygen atoms in total. The summed E-state index contributed by atoms with van der Waals surface area (Å²) in [7, 11) is -4.01. The van der Waals surface area contributed by atoms with Crippen LogP contribution in [0.15, 0.2) is 114 Å². The Bertz CT molecular complexity index is 1470. The van der Waals surface area contributed by atoms with Crippen LogP contribution in [0.5, 0.6) is 11.5 Å². The van der Waals surface area contributed by atoms with Crippen molar-refractivity contribution in [1.29, 1.82) is 0 Å². The van der Waals surface area contributed by atoms with Gasteiger partial charge in [-0.15, -0.1) is 0 Å². The molecular formula is C31H31N3O4S. The lowest BCUT2D eigenvalue weighted by atomic mass is 10.1. The van der Waals surface area contributed by atoms with E-state index >= 15 is 0 Å². The number of ether oxygens (including phenoxy) is 1. The molecule has 0 aliphatic carbocycles. The van der Waals surface area contributed by atoms with Gasteiger partial charge in [0.1, 0.15) is 18.0 Å². The van der Waals surface area contributed by atoms with Crippen molar-refractivity contribution in [1.82, 2.24) is 0 Å². The first kappa shape index (κ1) is 26.3. The van der Waals surface area contributed by atoms with Crippen molar-refractivity contribution >= 4 is 33.0 Å². The van der Waals surface area contributed by atoms with Crippen molar-refractivity contribution in [2.75, 3.05) is 34.2 Å². The molecule has 4 aromatic carbocycles. The smallest absolute Gasteiger partial charge is 0.264 e. The molecule has 5 rings (SSSR count). The summed E-state index contributed by atoms with van der Waals surface area (Å²) in [5.74, 6) is 0.787. The number of hydrogen-bond donors (Lipinski definition) is 1. The summed E-state index contributed by atoms with van der Waals surface area (Å²) < 4.78 is 34.2. The van der Waals surface area contributed by atoms with Gasteiger partial charge in [0.15, 0.2) is 0 Å². The number of piperidine rings is 1. The number of benzene rings is 4. The Morgan fingerprint density at radius 3 is 1.97 bits per heavy atom. The molecular weight excluding hydrogens is 510 g/mol. The average molecular weight is 542 g/mol. The van der Waals surface area contributed by atoms with E-state index in [4.69, 9.17) is 4.74 Å². The van der Waals surface area contributed by atoms with Gasteiger partial charge in [-0.1, -0.05) is 36.4 Å². The topological polar surface area (TPSA) is 78.9 Å². The van der Waals surface area contributed by atoms with Crippen LogP contribution in [0.4, 0.5) is 17.1 Å². The van der Waals surface area contributed by atoms with Gasteiger partial charge >= 0.3 is 0 Å². The fraction of sp³-hybridized carbons (Fsp3) is 0.194. The van der Waals surface area contributed by atoms with E-state index in [0.717, 1.165) is 23.1 Å². The highest BCUT2D eigenvalue weighted by Gasteiger charge is 2.27. The van der Waals surface area contributed by atoms with Crippen molar-refractivity contribution in [3.63, 3.8) is 0 Å². The number of sulfonamides is 1. The number of anilines is 3. The Labute approximate surface area is 229 Å². The van der Waals surface area contributed by atoms with E-state index in [0.29, 0.717) is 22.9 Å². The zero-order valence-electron chi connectivity index (χ0n) is 21.6. The van der Waals surface area contributed by atoms with Crippen LogP contribution < -0.4 is 19.3 Å². The number of hydrogen-bond acceptors (Lipinski definition) is 5. The largest absolute Gasteiger partial charge is 0.457 e. The first-order chi connectivity index (χ1) is 19.0. The van der Waals surface area contributed by atoms with Gasteiger partial charge in [0, 0.05) is 24.5 Å². The third kappa shape index (κ3) is 6.59. The van der Waals surface area contributed by atoms with E-state index < -0.39 is 15.9 Å². The fourth-order valence-electron chi connectivity index (χ4n) is 4.58. The molecule has 4 aromatic rings. The minimum atomic E-state index is -4.01. The molecule has 1 N–H and O–H groups in total. The number of amides is 1. The Hall–Kier alpha value is -4.30. The van der Waals surface area contributed by atoms with Gasteiger partial charge in [0.05, 0.1) is 10.6 Å². The Kier molecular flexibility index (Phi) is 8.13. The summed E-state index contributed by atoms with van der Waals surface area (Å²) >= 11 is 0. The van der Waals surface area contributed by atoms with Gasteiger partial charge in [0.2, 0.25) is 5.91 Å². The molecule has 0 unspecified atom stereocenters. The molecule has 0 atom stereocenters. The van der Waals surface area contributed by atoms with Crippen LogP contribution in [0.2, 0.25) is 0 Å². The van der Waals surface area contributed by atoms with Gasteiger partial charge in [0.25, 0.3) is 10.0 Å². The van der Waals surface area contributed by atoms with E-state index in [1.165, 1.54) is 31.4 Å². The van der Waals surface area contributed by atoms with Crippen molar-refractivity contribution < 1.29 is 17.9 Å². The van der Waals surface area contributed by atoms with Crippen LogP contribution in [0.3, 0.4) is 0 Å². The Morgan fingerprint density at radius 2 is 1.33 bits per heavy atom. The van der Waals surface area contributed by atoms with Gasteiger partial charge in [-0.25, -0.2) is 8.42 Å². The van der Waals surface area contributed by atoms with E-state index in [9.17, 15) is 13.2 Å². The van der Waals surface area contributed by atoms with E-state index in [1.54, 1.807) is 42.5 Å². The lowest BCUT2D eigenvalue weighted by Crippen LogP contribution is -2.38. The molecule has 1 aliphatic heterocycles. The number of rotatable bonds is 9. The minimum Gasteiger partial charge on any atom is -0.457 e. The quantitative estimate of drug-likeness (QED) is 0.269. The molecule has 1 saturated heterocycles. The zero-order valence-corrected chi connectivity index (χ0v) is 22.4. The van der Waals surface area contributed by atoms with E-state index in [-0.39, 0.29) is 11.4 Å². The van der Waals surface area contributed by atoms with E-state index in [2.05, 4.69) is 10.2 Å². The maximum atomic E-state index is 13.6. The zero-order chi connectivity index (χ0) is 27.1. The van der Waals surface area contributed by atoms with Crippen LogP contribution in [0, 0.1) is 0 Å². The average Bonchev–Trinajstić information content (AvgIpc) is 2.98. The monoisotopic (exact) mass is 541 g/mol. The summed E-state index contributed by atoms with van der Waals surface area (Å²) in [6.45, 7) is 1.68. The molecule has 1 fully saturated rings. The molecule has 0 saturated carbocycles. The predicted molar refractivity (Wildman–Crippen MR) is 155 cm³/mol. The van der Waals surface area contributed by atoms with Gasteiger partial charge in [-0.2, -0.15) is 0 Å². The van der Waals surface area contributed by atoms with Crippen LogP contribution in [0.25, 0.3) is 0 Å². The van der Waals surface area contributed by atoms with Crippen molar-refractivity contribution in [3.05, 3.63) is 109 Å². The van der Waals surface area contributed by atoms with Crippen LogP contribution in [0.1, 0.15) is 19.3 Å². The van der Waals surface area contributed by atoms with Gasteiger partial charge in [-0.3, -0.25) is 9.10 Å². The normalized spacial score (nSPS) is 13.5. The molecule has 0 bridgehead atoms. The van der Waals surface area contributed by atoms with Crippen LogP contribution >= 0.6 is 0 Å². The second-order valence-corrected chi connectivity index (χ2v) is 11.2. The summed E-state index contributed by atoms with van der Waals surface area (Å²) in [6.07, 6.45) is 3.63.